The quantitative estimate of drug-likeness (QED) is 0.519. The van der Waals surface area contributed by atoms with Crippen LogP contribution in [0.15, 0.2) is 24.3 Å². The summed E-state index contributed by atoms with van der Waals surface area (Å²) in [6, 6.07) is 8.13. The van der Waals surface area contributed by atoms with Crippen molar-refractivity contribution in [1.29, 1.82) is 0 Å². The number of hydrogen-bond donors (Lipinski definition) is 0. The predicted molar refractivity (Wildman–Crippen MR) is 84.3 cm³/mol. The lowest BCUT2D eigenvalue weighted by Crippen LogP contribution is -1.94. The van der Waals surface area contributed by atoms with E-state index >= 15 is 0 Å². The summed E-state index contributed by atoms with van der Waals surface area (Å²) in [5.74, 6) is 1.06. The summed E-state index contributed by atoms with van der Waals surface area (Å²) in [7, 11) is 0. The summed E-state index contributed by atoms with van der Waals surface area (Å²) < 4.78 is 0.679. The molecule has 0 atom stereocenters. The average Bonchev–Trinajstić information content (AvgIpc) is 2.35. The van der Waals surface area contributed by atoms with Crippen LogP contribution in [0.4, 0.5) is 0 Å². The van der Waals surface area contributed by atoms with Crippen molar-refractivity contribution in [3.8, 4) is 11.4 Å². The number of benzene rings is 1. The minimum Gasteiger partial charge on any atom is -0.215 e. The Morgan fingerprint density at radius 3 is 1.94 bits per heavy atom. The monoisotopic (exact) mass is 392 g/mol. The third-order valence-electron chi connectivity index (χ3n) is 2.61. The predicted octanol–water partition coefficient (Wildman–Crippen LogP) is 5.18. The van der Waals surface area contributed by atoms with Gasteiger partial charge in [-0.25, -0.2) is 9.97 Å². The third-order valence-corrected chi connectivity index (χ3v) is 4.81. The maximum atomic E-state index is 6.01. The van der Waals surface area contributed by atoms with Gasteiger partial charge in [-0.3, -0.25) is 0 Å². The molecule has 0 aliphatic rings. The molecule has 0 spiro atoms. The van der Waals surface area contributed by atoms with Crippen molar-refractivity contribution in [3.05, 3.63) is 43.7 Å². The molecule has 2 aromatic rings. The van der Waals surface area contributed by atoms with E-state index in [-0.39, 0.29) is 0 Å². The van der Waals surface area contributed by atoms with Gasteiger partial charge in [0, 0.05) is 5.56 Å². The Morgan fingerprint density at radius 2 is 1.50 bits per heavy atom. The van der Waals surface area contributed by atoms with Gasteiger partial charge in [0.05, 0.1) is 3.57 Å². The van der Waals surface area contributed by atoms with Crippen LogP contribution in [0.3, 0.4) is 0 Å². The fourth-order valence-electron chi connectivity index (χ4n) is 1.54. The Labute approximate surface area is 130 Å². The Kier molecular flexibility index (Phi) is 4.45. The van der Waals surface area contributed by atoms with Gasteiger partial charge < -0.3 is 0 Å². The minimum atomic E-state index is 0.388. The summed E-state index contributed by atoms with van der Waals surface area (Å²) >= 11 is 14.0. The largest absolute Gasteiger partial charge is 0.215 e. The molecule has 2 rings (SSSR count). The van der Waals surface area contributed by atoms with E-state index in [0.717, 1.165) is 5.56 Å². The van der Waals surface area contributed by atoms with Crippen LogP contribution in [0.2, 0.25) is 10.3 Å². The summed E-state index contributed by atoms with van der Waals surface area (Å²) in [5.41, 5.74) is 2.20. The molecule has 5 heteroatoms. The molecule has 1 heterocycles. The molecule has 2 nitrogen and oxygen atoms in total. The molecule has 0 amide bonds. The van der Waals surface area contributed by atoms with Gasteiger partial charge in [0.1, 0.15) is 10.3 Å². The molecule has 1 aromatic heterocycles. The molecule has 94 valence electrons. The highest BCUT2D eigenvalue weighted by Gasteiger charge is 2.10. The van der Waals surface area contributed by atoms with Gasteiger partial charge in [0.25, 0.3) is 0 Å². The number of nitrogens with zero attached hydrogens (tertiary/aromatic N) is 2. The van der Waals surface area contributed by atoms with Crippen molar-refractivity contribution >= 4 is 45.8 Å². The van der Waals surface area contributed by atoms with Crippen LogP contribution in [0.1, 0.15) is 25.3 Å². The third kappa shape index (κ3) is 2.95. The molecule has 0 bridgehead atoms. The highest BCUT2D eigenvalue weighted by Crippen LogP contribution is 2.27. The smallest absolute Gasteiger partial charge is 0.162 e. The summed E-state index contributed by atoms with van der Waals surface area (Å²) in [6.07, 6.45) is 0. The van der Waals surface area contributed by atoms with Crippen LogP contribution in [-0.2, 0) is 0 Å². The van der Waals surface area contributed by atoms with Gasteiger partial charge in [-0.15, -0.1) is 0 Å². The van der Waals surface area contributed by atoms with E-state index in [2.05, 4.69) is 35.9 Å². The van der Waals surface area contributed by atoms with E-state index in [4.69, 9.17) is 23.2 Å². The second-order valence-corrected chi connectivity index (χ2v) is 6.01. The standard InChI is InChI=1S/C13H11Cl2IN2/c1-7(2)8-3-5-9(6-4-8)13-17-11(14)10(16)12(15)18-13/h3-7H,1-2H3. The van der Waals surface area contributed by atoms with Crippen LogP contribution in [-0.4, -0.2) is 9.97 Å². The van der Waals surface area contributed by atoms with Gasteiger partial charge in [0.15, 0.2) is 5.82 Å². The van der Waals surface area contributed by atoms with Crippen molar-refractivity contribution in [3.63, 3.8) is 0 Å². The maximum absolute atomic E-state index is 6.01. The number of halogens is 3. The molecule has 1 aromatic carbocycles. The van der Waals surface area contributed by atoms with E-state index in [1.165, 1.54) is 5.56 Å². The molecule has 0 fully saturated rings. The van der Waals surface area contributed by atoms with Crippen molar-refractivity contribution in [2.45, 2.75) is 19.8 Å². The Morgan fingerprint density at radius 1 is 1.00 bits per heavy atom. The van der Waals surface area contributed by atoms with Crippen LogP contribution >= 0.6 is 45.8 Å². The Bertz CT molecular complexity index is 545. The normalized spacial score (nSPS) is 11.0. The lowest BCUT2D eigenvalue weighted by molar-refractivity contribution is 0.867. The van der Waals surface area contributed by atoms with Crippen molar-refractivity contribution in [2.24, 2.45) is 0 Å². The summed E-state index contributed by atoms with van der Waals surface area (Å²) in [5, 5.41) is 0.775. The molecule has 0 unspecified atom stereocenters. The lowest BCUT2D eigenvalue weighted by Gasteiger charge is -2.07. The van der Waals surface area contributed by atoms with Gasteiger partial charge in [0.2, 0.25) is 0 Å². The average molecular weight is 393 g/mol. The molecule has 0 radical (unpaired) electrons. The first-order valence-electron chi connectivity index (χ1n) is 5.48. The van der Waals surface area contributed by atoms with Gasteiger partial charge >= 0.3 is 0 Å². The van der Waals surface area contributed by atoms with E-state index in [9.17, 15) is 0 Å². The van der Waals surface area contributed by atoms with E-state index in [0.29, 0.717) is 25.6 Å². The van der Waals surface area contributed by atoms with E-state index < -0.39 is 0 Å². The van der Waals surface area contributed by atoms with Crippen LogP contribution < -0.4 is 0 Å². The second kappa shape index (κ2) is 5.72. The fourth-order valence-corrected chi connectivity index (χ4v) is 2.17. The molecule has 0 saturated heterocycles. The SMILES string of the molecule is CC(C)c1ccc(-c2nc(Cl)c(I)c(Cl)n2)cc1. The van der Waals surface area contributed by atoms with Gasteiger partial charge in [-0.05, 0) is 34.1 Å². The first-order valence-corrected chi connectivity index (χ1v) is 7.31. The zero-order chi connectivity index (χ0) is 13.3. The molecule has 0 N–H and O–H groups in total. The van der Waals surface area contributed by atoms with Crippen molar-refractivity contribution in [2.75, 3.05) is 0 Å². The van der Waals surface area contributed by atoms with Crippen LogP contribution in [0.5, 0.6) is 0 Å². The molecule has 0 aliphatic heterocycles. The summed E-state index contributed by atoms with van der Waals surface area (Å²) in [6.45, 7) is 4.31. The highest BCUT2D eigenvalue weighted by molar-refractivity contribution is 14.1. The van der Waals surface area contributed by atoms with E-state index in [1.807, 2.05) is 34.7 Å². The number of hydrogen-bond acceptors (Lipinski definition) is 2. The number of aromatic nitrogens is 2. The first-order chi connectivity index (χ1) is 8.49. The van der Waals surface area contributed by atoms with Crippen LogP contribution in [0, 0.1) is 3.57 Å². The number of rotatable bonds is 2. The molecular formula is C13H11Cl2IN2. The van der Waals surface area contributed by atoms with Gasteiger partial charge in [-0.1, -0.05) is 61.3 Å². The summed E-state index contributed by atoms with van der Waals surface area (Å²) in [4.78, 5) is 8.48. The fraction of sp³-hybridized carbons (Fsp3) is 0.231. The lowest BCUT2D eigenvalue weighted by atomic mass is 10.0. The minimum absolute atomic E-state index is 0.388. The molecular weight excluding hydrogens is 382 g/mol. The maximum Gasteiger partial charge on any atom is 0.162 e. The molecule has 0 saturated carbocycles. The second-order valence-electron chi connectivity index (χ2n) is 4.22. The zero-order valence-corrected chi connectivity index (χ0v) is 13.6. The Balaban J connectivity index is 2.43. The van der Waals surface area contributed by atoms with E-state index in [1.54, 1.807) is 0 Å². The van der Waals surface area contributed by atoms with Gasteiger partial charge in [-0.2, -0.15) is 0 Å². The molecule has 0 aliphatic carbocycles. The van der Waals surface area contributed by atoms with Crippen LogP contribution in [0.25, 0.3) is 11.4 Å². The molecule has 18 heavy (non-hydrogen) atoms. The van der Waals surface area contributed by atoms with Crippen molar-refractivity contribution < 1.29 is 0 Å². The Hall–Kier alpha value is -0.390. The highest BCUT2D eigenvalue weighted by atomic mass is 127. The first kappa shape index (κ1) is 14.0. The van der Waals surface area contributed by atoms with Crippen molar-refractivity contribution in [1.82, 2.24) is 9.97 Å². The topological polar surface area (TPSA) is 25.8 Å². The zero-order valence-electron chi connectivity index (χ0n) is 9.92.